The maximum absolute atomic E-state index is 13.3. The number of hydrogen-bond acceptors (Lipinski definition) is 2. The molecule has 2 aromatic carbocycles. The van der Waals surface area contributed by atoms with Gasteiger partial charge in [0.25, 0.3) is 10.0 Å². The lowest BCUT2D eigenvalue weighted by atomic mass is 10.1. The highest BCUT2D eigenvalue weighted by molar-refractivity contribution is 7.92. The number of hydrogen-bond donors (Lipinski definition) is 1. The van der Waals surface area contributed by atoms with E-state index in [4.69, 9.17) is 0 Å². The van der Waals surface area contributed by atoms with Gasteiger partial charge in [0.1, 0.15) is 11.6 Å². The van der Waals surface area contributed by atoms with E-state index in [-0.39, 0.29) is 10.6 Å². The van der Waals surface area contributed by atoms with Gasteiger partial charge in [-0.2, -0.15) is 0 Å². The molecular formula is C15H15F2NO2S. The molecule has 0 spiro atoms. The van der Waals surface area contributed by atoms with Crippen LogP contribution in [0.4, 0.5) is 14.5 Å². The fourth-order valence-electron chi connectivity index (χ4n) is 2.22. The van der Waals surface area contributed by atoms with Crippen LogP contribution >= 0.6 is 0 Å². The van der Waals surface area contributed by atoms with Gasteiger partial charge in [-0.3, -0.25) is 4.72 Å². The Morgan fingerprint density at radius 3 is 2.00 bits per heavy atom. The molecule has 0 aliphatic rings. The summed E-state index contributed by atoms with van der Waals surface area (Å²) < 4.78 is 53.8. The molecule has 2 aromatic rings. The summed E-state index contributed by atoms with van der Waals surface area (Å²) in [6, 6.07) is 6.15. The van der Waals surface area contributed by atoms with Crippen LogP contribution in [-0.4, -0.2) is 8.42 Å². The van der Waals surface area contributed by atoms with Gasteiger partial charge in [-0.15, -0.1) is 0 Å². The zero-order chi connectivity index (χ0) is 15.8. The molecule has 0 saturated carbocycles. The van der Waals surface area contributed by atoms with Crippen molar-refractivity contribution in [3.8, 4) is 0 Å². The van der Waals surface area contributed by atoms with Crippen LogP contribution in [0.3, 0.4) is 0 Å². The van der Waals surface area contributed by atoms with E-state index in [2.05, 4.69) is 4.72 Å². The van der Waals surface area contributed by atoms with Gasteiger partial charge in [0.05, 0.1) is 10.6 Å². The number of aryl methyl sites for hydroxylation is 3. The molecule has 0 heterocycles. The van der Waals surface area contributed by atoms with E-state index in [9.17, 15) is 17.2 Å². The number of anilines is 1. The van der Waals surface area contributed by atoms with Gasteiger partial charge in [-0.25, -0.2) is 17.2 Å². The monoisotopic (exact) mass is 311 g/mol. The molecule has 0 bridgehead atoms. The summed E-state index contributed by atoms with van der Waals surface area (Å²) in [5, 5.41) is 0. The Morgan fingerprint density at radius 1 is 0.857 bits per heavy atom. The first-order valence-corrected chi connectivity index (χ1v) is 7.75. The smallest absolute Gasteiger partial charge is 0.262 e. The van der Waals surface area contributed by atoms with Crippen molar-refractivity contribution < 1.29 is 17.2 Å². The zero-order valence-corrected chi connectivity index (χ0v) is 12.7. The second-order valence-electron chi connectivity index (χ2n) is 4.93. The Kier molecular flexibility index (Phi) is 4.00. The second-order valence-corrected chi connectivity index (χ2v) is 6.55. The molecule has 6 heteroatoms. The predicted molar refractivity (Wildman–Crippen MR) is 77.8 cm³/mol. The molecule has 0 aromatic heterocycles. The molecule has 112 valence electrons. The Bertz CT molecular complexity index is 778. The maximum atomic E-state index is 13.3. The van der Waals surface area contributed by atoms with Gasteiger partial charge < -0.3 is 0 Å². The lowest BCUT2D eigenvalue weighted by Crippen LogP contribution is -2.16. The van der Waals surface area contributed by atoms with Crippen LogP contribution in [-0.2, 0) is 10.0 Å². The summed E-state index contributed by atoms with van der Waals surface area (Å²) in [6.07, 6.45) is 0. The van der Waals surface area contributed by atoms with E-state index < -0.39 is 21.7 Å². The highest BCUT2D eigenvalue weighted by Gasteiger charge is 2.21. The van der Waals surface area contributed by atoms with Gasteiger partial charge in [-0.1, -0.05) is 6.07 Å². The van der Waals surface area contributed by atoms with E-state index in [0.29, 0.717) is 16.7 Å². The molecule has 0 aliphatic carbocycles. The Labute approximate surface area is 122 Å². The van der Waals surface area contributed by atoms with Crippen molar-refractivity contribution in [1.82, 2.24) is 0 Å². The zero-order valence-electron chi connectivity index (χ0n) is 11.9. The van der Waals surface area contributed by atoms with Crippen molar-refractivity contribution in [3.05, 3.63) is 58.7 Å². The van der Waals surface area contributed by atoms with Crippen molar-refractivity contribution in [2.75, 3.05) is 4.72 Å². The minimum absolute atomic E-state index is 0.00700. The molecule has 0 aliphatic heterocycles. The first-order valence-electron chi connectivity index (χ1n) is 6.26. The van der Waals surface area contributed by atoms with Crippen LogP contribution in [0.2, 0.25) is 0 Å². The topological polar surface area (TPSA) is 46.2 Å². The standard InChI is InChI=1S/C15H15F2NO2S/c1-9-4-5-12(16)8-14(9)18-21(19,20)15-10(2)6-13(17)7-11(15)3/h4-8,18H,1-3H3. The molecule has 0 unspecified atom stereocenters. The maximum Gasteiger partial charge on any atom is 0.262 e. The second kappa shape index (κ2) is 5.44. The number of nitrogens with one attached hydrogen (secondary N) is 1. The number of rotatable bonds is 3. The van der Waals surface area contributed by atoms with Gasteiger partial charge in [0, 0.05) is 0 Å². The summed E-state index contributed by atoms with van der Waals surface area (Å²) in [6.45, 7) is 4.70. The summed E-state index contributed by atoms with van der Waals surface area (Å²) in [4.78, 5) is 0.00700. The minimum atomic E-state index is -3.91. The number of halogens is 2. The van der Waals surface area contributed by atoms with E-state index in [1.54, 1.807) is 6.92 Å². The lowest BCUT2D eigenvalue weighted by molar-refractivity contribution is 0.597. The van der Waals surface area contributed by atoms with Crippen molar-refractivity contribution in [1.29, 1.82) is 0 Å². The molecule has 21 heavy (non-hydrogen) atoms. The predicted octanol–water partition coefficient (Wildman–Crippen LogP) is 3.69. The molecule has 0 radical (unpaired) electrons. The average Bonchev–Trinajstić information content (AvgIpc) is 2.31. The lowest BCUT2D eigenvalue weighted by Gasteiger charge is -2.14. The first-order chi connectivity index (χ1) is 9.70. The van der Waals surface area contributed by atoms with Crippen LogP contribution in [0.25, 0.3) is 0 Å². The Morgan fingerprint density at radius 2 is 1.43 bits per heavy atom. The van der Waals surface area contributed by atoms with Gasteiger partial charge in [-0.05, 0) is 61.7 Å². The van der Waals surface area contributed by atoms with E-state index in [1.165, 1.54) is 26.0 Å². The third kappa shape index (κ3) is 3.21. The molecular weight excluding hydrogens is 296 g/mol. The van der Waals surface area contributed by atoms with Gasteiger partial charge >= 0.3 is 0 Å². The molecule has 0 saturated heterocycles. The highest BCUT2D eigenvalue weighted by atomic mass is 32.2. The molecule has 2 rings (SSSR count). The van der Waals surface area contributed by atoms with Crippen molar-refractivity contribution in [2.45, 2.75) is 25.7 Å². The molecule has 3 nitrogen and oxygen atoms in total. The van der Waals surface area contributed by atoms with Crippen LogP contribution in [0.15, 0.2) is 35.2 Å². The van der Waals surface area contributed by atoms with E-state index in [0.717, 1.165) is 18.2 Å². The molecule has 0 fully saturated rings. The average molecular weight is 311 g/mol. The molecule has 1 N–H and O–H groups in total. The first kappa shape index (κ1) is 15.4. The van der Waals surface area contributed by atoms with Gasteiger partial charge in [0.2, 0.25) is 0 Å². The SMILES string of the molecule is Cc1ccc(F)cc1NS(=O)(=O)c1c(C)cc(F)cc1C. The fraction of sp³-hybridized carbons (Fsp3) is 0.200. The van der Waals surface area contributed by atoms with Crippen LogP contribution < -0.4 is 4.72 Å². The highest BCUT2D eigenvalue weighted by Crippen LogP contribution is 2.25. The third-order valence-electron chi connectivity index (χ3n) is 3.14. The molecule has 0 atom stereocenters. The summed E-state index contributed by atoms with van der Waals surface area (Å²) in [5.74, 6) is -1.03. The fourth-order valence-corrected chi connectivity index (χ4v) is 3.80. The van der Waals surface area contributed by atoms with Crippen molar-refractivity contribution in [3.63, 3.8) is 0 Å². The van der Waals surface area contributed by atoms with E-state index >= 15 is 0 Å². The summed E-state index contributed by atoms with van der Waals surface area (Å²) in [5.41, 5.74) is 1.36. The van der Waals surface area contributed by atoms with Crippen molar-refractivity contribution >= 4 is 15.7 Å². The number of sulfonamides is 1. The van der Waals surface area contributed by atoms with Crippen LogP contribution in [0, 0.1) is 32.4 Å². The molecule has 0 amide bonds. The minimum Gasteiger partial charge on any atom is -0.279 e. The third-order valence-corrected chi connectivity index (χ3v) is 4.81. The largest absolute Gasteiger partial charge is 0.279 e. The Hall–Kier alpha value is -1.95. The normalized spacial score (nSPS) is 11.5. The van der Waals surface area contributed by atoms with Gasteiger partial charge in [0.15, 0.2) is 0 Å². The van der Waals surface area contributed by atoms with Crippen LogP contribution in [0.1, 0.15) is 16.7 Å². The summed E-state index contributed by atoms with van der Waals surface area (Å²) >= 11 is 0. The number of benzene rings is 2. The Balaban J connectivity index is 2.51. The summed E-state index contributed by atoms with van der Waals surface area (Å²) in [7, 11) is -3.91. The van der Waals surface area contributed by atoms with E-state index in [1.807, 2.05) is 0 Å². The van der Waals surface area contributed by atoms with Crippen molar-refractivity contribution in [2.24, 2.45) is 0 Å². The van der Waals surface area contributed by atoms with Crippen LogP contribution in [0.5, 0.6) is 0 Å². The quantitative estimate of drug-likeness (QED) is 0.939.